The highest BCUT2D eigenvalue weighted by Gasteiger charge is 2.44. The zero-order chi connectivity index (χ0) is 17.3. The molecule has 0 spiro atoms. The van der Waals surface area contributed by atoms with Crippen molar-refractivity contribution in [1.82, 2.24) is 10.2 Å². The van der Waals surface area contributed by atoms with Crippen molar-refractivity contribution in [3.05, 3.63) is 23.8 Å². The first-order chi connectivity index (χ1) is 11.5. The van der Waals surface area contributed by atoms with Gasteiger partial charge in [-0.2, -0.15) is 0 Å². The summed E-state index contributed by atoms with van der Waals surface area (Å²) in [4.78, 5) is 37.7. The lowest BCUT2D eigenvalue weighted by molar-refractivity contribution is -0.139. The van der Waals surface area contributed by atoms with Gasteiger partial charge in [-0.1, -0.05) is 6.07 Å². The highest BCUT2D eigenvalue weighted by Crippen LogP contribution is 2.32. The zero-order valence-corrected chi connectivity index (χ0v) is 13.7. The quantitative estimate of drug-likeness (QED) is 0.773. The van der Waals surface area contributed by atoms with E-state index in [0.717, 1.165) is 18.4 Å². The molecule has 1 atom stereocenters. The van der Waals surface area contributed by atoms with Crippen molar-refractivity contribution in [2.45, 2.75) is 37.8 Å². The Bertz CT molecular complexity index is 684. The van der Waals surface area contributed by atoms with Crippen molar-refractivity contribution in [2.24, 2.45) is 0 Å². The molecule has 7 nitrogen and oxygen atoms in total. The number of carbonyl (C=O) groups is 3. The minimum absolute atomic E-state index is 0.0486. The molecule has 0 bridgehead atoms. The topological polar surface area (TPSA) is 84.9 Å². The number of methoxy groups -OCH3 is 2. The molecule has 1 saturated carbocycles. The summed E-state index contributed by atoms with van der Waals surface area (Å²) in [6.45, 7) is 0. The summed E-state index contributed by atoms with van der Waals surface area (Å²) in [5, 5.41) is 2.27. The smallest absolute Gasteiger partial charge is 0.249 e. The molecule has 1 N–H and O–H groups in total. The second-order valence-corrected chi connectivity index (χ2v) is 6.03. The number of hydrogen-bond donors (Lipinski definition) is 1. The van der Waals surface area contributed by atoms with Gasteiger partial charge in [0.2, 0.25) is 17.7 Å². The van der Waals surface area contributed by atoms with E-state index in [1.54, 1.807) is 30.2 Å². The Labute approximate surface area is 139 Å². The fraction of sp³-hybridized carbons (Fsp3) is 0.471. The Kier molecular flexibility index (Phi) is 4.42. The van der Waals surface area contributed by atoms with E-state index in [1.807, 2.05) is 0 Å². The van der Waals surface area contributed by atoms with Crippen LogP contribution in [-0.2, 0) is 20.8 Å². The van der Waals surface area contributed by atoms with Gasteiger partial charge in [0.1, 0.15) is 6.04 Å². The third kappa shape index (κ3) is 3.20. The minimum atomic E-state index is -0.683. The normalized spacial score (nSPS) is 19.8. The Hall–Kier alpha value is -2.57. The van der Waals surface area contributed by atoms with Crippen molar-refractivity contribution < 1.29 is 23.9 Å². The van der Waals surface area contributed by atoms with Gasteiger partial charge in [0.25, 0.3) is 0 Å². The number of imide groups is 1. The van der Waals surface area contributed by atoms with E-state index in [9.17, 15) is 14.4 Å². The molecule has 7 heteroatoms. The Balaban J connectivity index is 1.77. The number of benzene rings is 1. The maximum Gasteiger partial charge on any atom is 0.249 e. The van der Waals surface area contributed by atoms with Crippen molar-refractivity contribution in [3.8, 4) is 11.5 Å². The van der Waals surface area contributed by atoms with Crippen molar-refractivity contribution in [1.29, 1.82) is 0 Å². The van der Waals surface area contributed by atoms with Crippen LogP contribution in [0, 0.1) is 0 Å². The monoisotopic (exact) mass is 332 g/mol. The third-order valence-corrected chi connectivity index (χ3v) is 4.31. The van der Waals surface area contributed by atoms with E-state index in [1.165, 1.54) is 7.11 Å². The molecule has 0 aromatic heterocycles. The molecule has 24 heavy (non-hydrogen) atoms. The fourth-order valence-electron chi connectivity index (χ4n) is 3.01. The lowest BCUT2D eigenvalue weighted by Crippen LogP contribution is -2.46. The van der Waals surface area contributed by atoms with Gasteiger partial charge in [-0.25, -0.2) is 0 Å². The SMILES string of the molecule is COc1ccc(CC(=O)N(C2CC2)[C@H]2CC(=O)NC2=O)cc1OC. The second-order valence-electron chi connectivity index (χ2n) is 6.03. The zero-order valence-electron chi connectivity index (χ0n) is 13.7. The molecule has 0 radical (unpaired) electrons. The molecule has 1 aromatic rings. The van der Waals surface area contributed by atoms with Crippen LogP contribution in [0.2, 0.25) is 0 Å². The molecule has 3 rings (SSSR count). The van der Waals surface area contributed by atoms with Gasteiger partial charge in [-0.05, 0) is 30.5 Å². The molecule has 1 aliphatic carbocycles. The summed E-state index contributed by atoms with van der Waals surface area (Å²) in [5.74, 6) is 0.282. The average molecular weight is 332 g/mol. The molecule has 1 aromatic carbocycles. The summed E-state index contributed by atoms with van der Waals surface area (Å²) in [7, 11) is 3.08. The maximum absolute atomic E-state index is 12.7. The standard InChI is InChI=1S/C17H20N2O5/c1-23-13-6-3-10(7-14(13)24-2)8-16(21)19(11-4-5-11)12-9-15(20)18-17(12)22/h3,6-7,11-12H,4-5,8-9H2,1-2H3,(H,18,20,22)/t12-/m0/s1. The van der Waals surface area contributed by atoms with Crippen LogP contribution < -0.4 is 14.8 Å². The molecular weight excluding hydrogens is 312 g/mol. The molecular formula is C17H20N2O5. The van der Waals surface area contributed by atoms with E-state index in [-0.39, 0.29) is 36.6 Å². The van der Waals surface area contributed by atoms with E-state index in [0.29, 0.717) is 11.5 Å². The highest BCUT2D eigenvalue weighted by atomic mass is 16.5. The second kappa shape index (κ2) is 6.51. The first-order valence-electron chi connectivity index (χ1n) is 7.89. The number of rotatable bonds is 6. The number of carbonyl (C=O) groups excluding carboxylic acids is 3. The van der Waals surface area contributed by atoms with E-state index in [2.05, 4.69) is 5.32 Å². The fourth-order valence-corrected chi connectivity index (χ4v) is 3.01. The van der Waals surface area contributed by atoms with Gasteiger partial charge < -0.3 is 14.4 Å². The highest BCUT2D eigenvalue weighted by molar-refractivity contribution is 6.07. The van der Waals surface area contributed by atoms with Crippen LogP contribution in [0.15, 0.2) is 18.2 Å². The number of hydrogen-bond acceptors (Lipinski definition) is 5. The molecule has 1 saturated heterocycles. The minimum Gasteiger partial charge on any atom is -0.493 e. The first kappa shape index (κ1) is 16.3. The van der Waals surface area contributed by atoms with Crippen molar-refractivity contribution >= 4 is 17.7 Å². The van der Waals surface area contributed by atoms with Gasteiger partial charge >= 0.3 is 0 Å². The van der Waals surface area contributed by atoms with Crippen molar-refractivity contribution in [2.75, 3.05) is 14.2 Å². The third-order valence-electron chi connectivity index (χ3n) is 4.31. The van der Waals surface area contributed by atoms with Crippen LogP contribution in [0.1, 0.15) is 24.8 Å². The summed E-state index contributed by atoms with van der Waals surface area (Å²) >= 11 is 0. The summed E-state index contributed by atoms with van der Waals surface area (Å²) in [6.07, 6.45) is 1.94. The maximum atomic E-state index is 12.7. The summed E-state index contributed by atoms with van der Waals surface area (Å²) in [5.41, 5.74) is 0.771. The Morgan fingerprint density at radius 1 is 1.21 bits per heavy atom. The largest absolute Gasteiger partial charge is 0.493 e. The molecule has 1 heterocycles. The van der Waals surface area contributed by atoms with E-state index in [4.69, 9.17) is 9.47 Å². The van der Waals surface area contributed by atoms with Crippen LogP contribution >= 0.6 is 0 Å². The number of ether oxygens (including phenoxy) is 2. The van der Waals surface area contributed by atoms with E-state index >= 15 is 0 Å². The van der Waals surface area contributed by atoms with E-state index < -0.39 is 6.04 Å². The molecule has 2 aliphatic rings. The predicted molar refractivity (Wildman–Crippen MR) is 84.7 cm³/mol. The predicted octanol–water partition coefficient (Wildman–Crippen LogP) is 0.652. The average Bonchev–Trinajstić information content (AvgIpc) is 3.33. The summed E-state index contributed by atoms with van der Waals surface area (Å²) in [6, 6.07) is 4.66. The van der Waals surface area contributed by atoms with Crippen LogP contribution in [0.4, 0.5) is 0 Å². The lowest BCUT2D eigenvalue weighted by atomic mass is 10.1. The first-order valence-corrected chi connectivity index (χ1v) is 7.89. The van der Waals surface area contributed by atoms with Crippen LogP contribution in [-0.4, -0.2) is 48.9 Å². The van der Waals surface area contributed by atoms with Gasteiger partial charge in [-0.15, -0.1) is 0 Å². The van der Waals surface area contributed by atoms with Gasteiger partial charge in [0, 0.05) is 6.04 Å². The number of nitrogens with zero attached hydrogens (tertiary/aromatic N) is 1. The Morgan fingerprint density at radius 3 is 2.46 bits per heavy atom. The van der Waals surface area contributed by atoms with Crippen LogP contribution in [0.3, 0.4) is 0 Å². The van der Waals surface area contributed by atoms with Crippen molar-refractivity contribution in [3.63, 3.8) is 0 Å². The summed E-state index contributed by atoms with van der Waals surface area (Å²) < 4.78 is 10.4. The molecule has 2 fully saturated rings. The van der Waals surface area contributed by atoms with Crippen LogP contribution in [0.5, 0.6) is 11.5 Å². The molecule has 1 aliphatic heterocycles. The lowest BCUT2D eigenvalue weighted by Gasteiger charge is -2.27. The molecule has 128 valence electrons. The molecule has 0 unspecified atom stereocenters. The number of amides is 3. The van der Waals surface area contributed by atoms with Gasteiger partial charge in [-0.3, -0.25) is 19.7 Å². The van der Waals surface area contributed by atoms with Gasteiger partial charge in [0.15, 0.2) is 11.5 Å². The van der Waals surface area contributed by atoms with Crippen LogP contribution in [0.25, 0.3) is 0 Å². The van der Waals surface area contributed by atoms with Gasteiger partial charge in [0.05, 0.1) is 27.1 Å². The number of nitrogens with one attached hydrogen (secondary N) is 1. The Morgan fingerprint density at radius 2 is 1.92 bits per heavy atom. The molecule has 3 amide bonds.